The second-order valence-corrected chi connectivity index (χ2v) is 6.71. The minimum absolute atomic E-state index is 0.294. The van der Waals surface area contributed by atoms with E-state index in [0.717, 1.165) is 16.7 Å². The van der Waals surface area contributed by atoms with Crippen molar-refractivity contribution in [1.82, 2.24) is 4.90 Å². The molecule has 0 fully saturated rings. The van der Waals surface area contributed by atoms with Gasteiger partial charge in [0, 0.05) is 13.1 Å². The first-order valence-corrected chi connectivity index (χ1v) is 9.20. The van der Waals surface area contributed by atoms with Gasteiger partial charge in [0.15, 0.2) is 6.10 Å². The summed E-state index contributed by atoms with van der Waals surface area (Å²) < 4.78 is 0. The van der Waals surface area contributed by atoms with Crippen LogP contribution in [0.1, 0.15) is 16.7 Å². The zero-order chi connectivity index (χ0) is 18.9. The summed E-state index contributed by atoms with van der Waals surface area (Å²) in [5, 5.41) is 19.9. The molecule has 3 aromatic rings. The number of benzene rings is 3. The zero-order valence-electron chi connectivity index (χ0n) is 15.3. The Balaban J connectivity index is 1.89. The third-order valence-corrected chi connectivity index (χ3v) is 4.71. The number of hydrogen-bond donors (Lipinski definition) is 1. The van der Waals surface area contributed by atoms with Crippen molar-refractivity contribution in [1.29, 1.82) is 5.26 Å². The van der Waals surface area contributed by atoms with Crippen LogP contribution in [0.4, 0.5) is 0 Å². The van der Waals surface area contributed by atoms with E-state index in [1.807, 2.05) is 66.7 Å². The van der Waals surface area contributed by atoms with E-state index in [0.29, 0.717) is 19.5 Å². The molecule has 0 saturated carbocycles. The highest BCUT2D eigenvalue weighted by Crippen LogP contribution is 2.19. The fourth-order valence-corrected chi connectivity index (χ4v) is 3.31. The highest BCUT2D eigenvalue weighted by molar-refractivity contribution is 5.20. The van der Waals surface area contributed by atoms with E-state index in [9.17, 15) is 10.4 Å². The van der Waals surface area contributed by atoms with Crippen LogP contribution in [0, 0.1) is 11.3 Å². The number of hydrogen-bond acceptors (Lipinski definition) is 3. The number of aliphatic hydroxyl groups is 1. The molecule has 0 amide bonds. The minimum atomic E-state index is -1.06. The van der Waals surface area contributed by atoms with Gasteiger partial charge in [-0.1, -0.05) is 91.0 Å². The smallest absolute Gasteiger partial charge is 0.156 e. The van der Waals surface area contributed by atoms with Crippen LogP contribution < -0.4 is 0 Å². The lowest BCUT2D eigenvalue weighted by atomic mass is 9.98. The molecule has 27 heavy (non-hydrogen) atoms. The van der Waals surface area contributed by atoms with Crippen LogP contribution in [0.2, 0.25) is 0 Å². The van der Waals surface area contributed by atoms with Crippen LogP contribution in [0.15, 0.2) is 91.0 Å². The van der Waals surface area contributed by atoms with Crippen molar-refractivity contribution in [3.05, 3.63) is 108 Å². The van der Waals surface area contributed by atoms with E-state index in [4.69, 9.17) is 0 Å². The monoisotopic (exact) mass is 356 g/mol. The lowest BCUT2D eigenvalue weighted by molar-refractivity contribution is 0.0712. The normalized spacial score (nSPS) is 13.1. The zero-order valence-corrected chi connectivity index (χ0v) is 15.3. The highest BCUT2D eigenvalue weighted by Gasteiger charge is 2.26. The van der Waals surface area contributed by atoms with Crippen LogP contribution in [-0.4, -0.2) is 22.2 Å². The molecule has 0 heterocycles. The van der Waals surface area contributed by atoms with Gasteiger partial charge in [0.25, 0.3) is 0 Å². The molecule has 0 aromatic heterocycles. The predicted octanol–water partition coefficient (Wildman–Crippen LogP) is 4.18. The molecule has 0 aliphatic heterocycles. The molecule has 0 aliphatic rings. The standard InChI is InChI=1S/C24H24N2O/c25-17-24(27)23(16-20-10-4-1-5-11-20)26(18-21-12-6-2-7-13-21)19-22-14-8-3-9-15-22/h1-15,23-24,27H,16,18-19H2. The summed E-state index contributed by atoms with van der Waals surface area (Å²) in [6, 6.07) is 32.2. The van der Waals surface area contributed by atoms with E-state index < -0.39 is 6.10 Å². The van der Waals surface area contributed by atoms with Gasteiger partial charge in [0.1, 0.15) is 0 Å². The van der Waals surface area contributed by atoms with Crippen LogP contribution in [-0.2, 0) is 19.5 Å². The Hall–Kier alpha value is -2.93. The van der Waals surface area contributed by atoms with Gasteiger partial charge >= 0.3 is 0 Å². The topological polar surface area (TPSA) is 47.3 Å². The maximum atomic E-state index is 10.5. The van der Waals surface area contributed by atoms with E-state index in [-0.39, 0.29) is 6.04 Å². The number of aliphatic hydroxyl groups excluding tert-OH is 1. The summed E-state index contributed by atoms with van der Waals surface area (Å²) in [6.07, 6.45) is -0.437. The molecule has 1 N–H and O–H groups in total. The molecule has 0 saturated heterocycles. The summed E-state index contributed by atoms with van der Waals surface area (Å²) in [5.41, 5.74) is 3.44. The maximum Gasteiger partial charge on any atom is 0.156 e. The van der Waals surface area contributed by atoms with Crippen LogP contribution >= 0.6 is 0 Å². The second-order valence-electron chi connectivity index (χ2n) is 6.71. The van der Waals surface area contributed by atoms with Gasteiger partial charge in [-0.25, -0.2) is 0 Å². The first kappa shape index (κ1) is 18.8. The molecule has 3 heteroatoms. The molecule has 0 aliphatic carbocycles. The summed E-state index contributed by atoms with van der Waals surface area (Å²) in [6.45, 7) is 1.35. The van der Waals surface area contributed by atoms with Gasteiger partial charge < -0.3 is 5.11 Å². The Morgan fingerprint density at radius 3 is 1.52 bits per heavy atom. The van der Waals surface area contributed by atoms with Crippen molar-refractivity contribution in [2.75, 3.05) is 0 Å². The lowest BCUT2D eigenvalue weighted by Crippen LogP contribution is -2.44. The molecule has 136 valence electrons. The van der Waals surface area contributed by atoms with Crippen molar-refractivity contribution >= 4 is 0 Å². The van der Waals surface area contributed by atoms with Crippen molar-refractivity contribution in [3.63, 3.8) is 0 Å². The molecular weight excluding hydrogens is 332 g/mol. The molecular formula is C24H24N2O. The molecule has 2 atom stereocenters. The first-order chi connectivity index (χ1) is 13.3. The largest absolute Gasteiger partial charge is 0.376 e. The van der Waals surface area contributed by atoms with Gasteiger partial charge in [0.2, 0.25) is 0 Å². The maximum absolute atomic E-state index is 10.5. The average Bonchev–Trinajstić information content (AvgIpc) is 2.73. The van der Waals surface area contributed by atoms with Crippen molar-refractivity contribution in [2.24, 2.45) is 0 Å². The van der Waals surface area contributed by atoms with Gasteiger partial charge in [-0.2, -0.15) is 5.26 Å². The third kappa shape index (κ3) is 5.52. The third-order valence-electron chi connectivity index (χ3n) is 4.71. The Labute approximate surface area is 161 Å². The Morgan fingerprint density at radius 1 is 0.704 bits per heavy atom. The summed E-state index contributed by atoms with van der Waals surface area (Å²) in [5.74, 6) is 0. The Morgan fingerprint density at radius 2 is 1.11 bits per heavy atom. The fraction of sp³-hybridized carbons (Fsp3) is 0.208. The van der Waals surface area contributed by atoms with E-state index >= 15 is 0 Å². The quantitative estimate of drug-likeness (QED) is 0.616. The van der Waals surface area contributed by atoms with Crippen molar-refractivity contribution in [2.45, 2.75) is 31.7 Å². The number of nitrogens with zero attached hydrogens (tertiary/aromatic N) is 2. The van der Waals surface area contributed by atoms with Gasteiger partial charge in [-0.15, -0.1) is 0 Å². The van der Waals surface area contributed by atoms with E-state index in [1.54, 1.807) is 0 Å². The molecule has 0 bridgehead atoms. The molecule has 3 rings (SSSR count). The van der Waals surface area contributed by atoms with Gasteiger partial charge in [-0.3, -0.25) is 4.90 Å². The lowest BCUT2D eigenvalue weighted by Gasteiger charge is -2.33. The van der Waals surface area contributed by atoms with E-state index in [1.165, 1.54) is 0 Å². The summed E-state index contributed by atoms with van der Waals surface area (Å²) in [7, 11) is 0. The first-order valence-electron chi connectivity index (χ1n) is 9.20. The molecule has 0 radical (unpaired) electrons. The average molecular weight is 356 g/mol. The van der Waals surface area contributed by atoms with Crippen molar-refractivity contribution in [3.8, 4) is 6.07 Å². The van der Waals surface area contributed by atoms with Crippen molar-refractivity contribution < 1.29 is 5.11 Å². The van der Waals surface area contributed by atoms with Crippen LogP contribution in [0.25, 0.3) is 0 Å². The molecule has 3 aromatic carbocycles. The predicted molar refractivity (Wildman–Crippen MR) is 108 cm³/mol. The number of nitriles is 1. The minimum Gasteiger partial charge on any atom is -0.376 e. The molecule has 0 spiro atoms. The number of rotatable bonds is 8. The summed E-state index contributed by atoms with van der Waals surface area (Å²) in [4.78, 5) is 2.20. The molecule has 3 nitrogen and oxygen atoms in total. The van der Waals surface area contributed by atoms with Gasteiger partial charge in [0.05, 0.1) is 12.1 Å². The summed E-state index contributed by atoms with van der Waals surface area (Å²) >= 11 is 0. The Bertz CT molecular complexity index is 802. The highest BCUT2D eigenvalue weighted by atomic mass is 16.3. The molecule has 2 unspecified atom stereocenters. The van der Waals surface area contributed by atoms with Crippen LogP contribution in [0.3, 0.4) is 0 Å². The van der Waals surface area contributed by atoms with Crippen LogP contribution in [0.5, 0.6) is 0 Å². The fourth-order valence-electron chi connectivity index (χ4n) is 3.31. The second kappa shape index (κ2) is 9.68. The SMILES string of the molecule is N#CC(O)C(Cc1ccccc1)N(Cc1ccccc1)Cc1ccccc1. The Kier molecular flexibility index (Phi) is 6.76. The van der Waals surface area contributed by atoms with E-state index in [2.05, 4.69) is 35.2 Å². The van der Waals surface area contributed by atoms with Gasteiger partial charge in [-0.05, 0) is 23.1 Å².